The van der Waals surface area contributed by atoms with E-state index in [-0.39, 0.29) is 6.04 Å². The lowest BCUT2D eigenvalue weighted by Crippen LogP contribution is -2.24. The molecule has 2 rings (SSSR count). The van der Waals surface area contributed by atoms with Gasteiger partial charge in [-0.2, -0.15) is 0 Å². The summed E-state index contributed by atoms with van der Waals surface area (Å²) in [5.74, 6) is 0.882. The van der Waals surface area contributed by atoms with Gasteiger partial charge in [-0.15, -0.1) is 0 Å². The van der Waals surface area contributed by atoms with E-state index < -0.39 is 0 Å². The Bertz CT molecular complexity index is 551. The smallest absolute Gasteiger partial charge is 0.140 e. The minimum Gasteiger partial charge on any atom is -0.466 e. The average Bonchev–Trinajstić information content (AvgIpc) is 2.78. The van der Waals surface area contributed by atoms with Gasteiger partial charge in [0.15, 0.2) is 0 Å². The molecule has 1 unspecified atom stereocenters. The van der Waals surface area contributed by atoms with Gasteiger partial charge in [0.1, 0.15) is 11.8 Å². The Balaban J connectivity index is 2.40. The molecule has 0 radical (unpaired) electrons. The quantitative estimate of drug-likeness (QED) is 0.898. The predicted molar refractivity (Wildman–Crippen MR) is 80.3 cm³/mol. The molecule has 0 amide bonds. The van der Waals surface area contributed by atoms with Crippen LogP contribution in [-0.4, -0.2) is 11.5 Å². The molecule has 2 aromatic heterocycles. The minimum absolute atomic E-state index is 0.00933. The van der Waals surface area contributed by atoms with Crippen molar-refractivity contribution in [1.29, 1.82) is 0 Å². The highest BCUT2D eigenvalue weighted by atomic mass is 79.9. The van der Waals surface area contributed by atoms with Crippen LogP contribution in [0.1, 0.15) is 42.0 Å². The van der Waals surface area contributed by atoms with Crippen LogP contribution >= 0.6 is 15.9 Å². The van der Waals surface area contributed by atoms with Crippen molar-refractivity contribution < 1.29 is 4.42 Å². The molecule has 0 bridgehead atoms. The fourth-order valence-corrected chi connectivity index (χ4v) is 2.57. The largest absolute Gasteiger partial charge is 0.466 e. The van der Waals surface area contributed by atoms with Gasteiger partial charge in [-0.05, 0) is 59.9 Å². The second-order valence-electron chi connectivity index (χ2n) is 4.73. The number of nitrogens with one attached hydrogen (secondary N) is 1. The van der Waals surface area contributed by atoms with E-state index in [2.05, 4.69) is 53.1 Å². The maximum Gasteiger partial charge on any atom is 0.140 e. The Kier molecular flexibility index (Phi) is 4.77. The second kappa shape index (κ2) is 6.35. The van der Waals surface area contributed by atoms with Crippen molar-refractivity contribution in [3.63, 3.8) is 0 Å². The summed E-state index contributed by atoms with van der Waals surface area (Å²) < 4.78 is 6.59. The summed E-state index contributed by atoms with van der Waals surface area (Å²) in [5.41, 5.74) is 3.38. The Morgan fingerprint density at radius 2 is 2.21 bits per heavy atom. The normalized spacial score (nSPS) is 12.6. The fraction of sp³-hybridized carbons (Fsp3) is 0.400. The van der Waals surface area contributed by atoms with E-state index in [1.165, 1.54) is 11.1 Å². The van der Waals surface area contributed by atoms with Gasteiger partial charge in [-0.1, -0.05) is 13.0 Å². The van der Waals surface area contributed by atoms with Gasteiger partial charge in [0.05, 0.1) is 16.4 Å². The number of hydrogen-bond acceptors (Lipinski definition) is 3. The number of hydrogen-bond donors (Lipinski definition) is 1. The van der Waals surface area contributed by atoms with Crippen molar-refractivity contribution in [2.24, 2.45) is 0 Å². The maximum atomic E-state index is 5.61. The third kappa shape index (κ3) is 3.25. The van der Waals surface area contributed by atoms with Gasteiger partial charge in [0.2, 0.25) is 0 Å². The van der Waals surface area contributed by atoms with E-state index in [4.69, 9.17) is 4.42 Å². The molecular weight excluding hydrogens is 304 g/mol. The molecule has 2 heterocycles. The summed E-state index contributed by atoms with van der Waals surface area (Å²) in [6, 6.07) is 4.06. The topological polar surface area (TPSA) is 38.1 Å². The standard InChI is InChI=1S/C15H19BrN2O/c1-4-6-17-14(15-12(16)5-7-19-15)13-11(3)8-10(2)9-18-13/h5,7-9,14,17H,4,6H2,1-3H3. The van der Waals surface area contributed by atoms with E-state index in [9.17, 15) is 0 Å². The lowest BCUT2D eigenvalue weighted by atomic mass is 10.0. The minimum atomic E-state index is -0.00933. The molecule has 0 spiro atoms. The van der Waals surface area contributed by atoms with Gasteiger partial charge in [-0.25, -0.2) is 0 Å². The zero-order chi connectivity index (χ0) is 13.8. The molecule has 0 saturated carbocycles. The molecule has 1 atom stereocenters. The number of rotatable bonds is 5. The van der Waals surface area contributed by atoms with Gasteiger partial charge in [-0.3, -0.25) is 4.98 Å². The number of nitrogens with zero attached hydrogens (tertiary/aromatic N) is 1. The number of aromatic nitrogens is 1. The summed E-state index contributed by atoms with van der Waals surface area (Å²) in [6.07, 6.45) is 4.67. The highest BCUT2D eigenvalue weighted by Crippen LogP contribution is 2.30. The Hall–Kier alpha value is -1.13. The van der Waals surface area contributed by atoms with Crippen molar-refractivity contribution >= 4 is 15.9 Å². The molecule has 0 aliphatic rings. The molecule has 0 aromatic carbocycles. The number of aryl methyl sites for hydroxylation is 2. The first-order valence-corrected chi connectivity index (χ1v) is 7.32. The Morgan fingerprint density at radius 3 is 2.79 bits per heavy atom. The van der Waals surface area contributed by atoms with E-state index >= 15 is 0 Å². The molecule has 1 N–H and O–H groups in total. The molecule has 2 aromatic rings. The van der Waals surface area contributed by atoms with E-state index in [0.29, 0.717) is 0 Å². The third-order valence-corrected chi connectivity index (χ3v) is 3.69. The summed E-state index contributed by atoms with van der Waals surface area (Å²) in [6.45, 7) is 7.22. The predicted octanol–water partition coefficient (Wildman–Crippen LogP) is 4.14. The van der Waals surface area contributed by atoms with Crippen LogP contribution in [0.25, 0.3) is 0 Å². The monoisotopic (exact) mass is 322 g/mol. The molecular formula is C15H19BrN2O. The molecule has 0 fully saturated rings. The zero-order valence-electron chi connectivity index (χ0n) is 11.5. The number of pyridine rings is 1. The molecule has 19 heavy (non-hydrogen) atoms. The molecule has 0 saturated heterocycles. The molecule has 102 valence electrons. The van der Waals surface area contributed by atoms with E-state index in [1.807, 2.05) is 12.3 Å². The summed E-state index contributed by atoms with van der Waals surface area (Å²) in [7, 11) is 0. The Morgan fingerprint density at radius 1 is 1.42 bits per heavy atom. The highest BCUT2D eigenvalue weighted by Gasteiger charge is 2.22. The van der Waals surface area contributed by atoms with Crippen LogP contribution in [0.15, 0.2) is 33.5 Å². The van der Waals surface area contributed by atoms with Gasteiger partial charge in [0, 0.05) is 6.20 Å². The lowest BCUT2D eigenvalue weighted by molar-refractivity contribution is 0.438. The molecule has 3 nitrogen and oxygen atoms in total. The highest BCUT2D eigenvalue weighted by molar-refractivity contribution is 9.10. The van der Waals surface area contributed by atoms with Crippen molar-refractivity contribution in [3.05, 3.63) is 51.6 Å². The number of furan rings is 1. The van der Waals surface area contributed by atoms with Crippen molar-refractivity contribution in [1.82, 2.24) is 10.3 Å². The summed E-state index contributed by atoms with van der Waals surface area (Å²) >= 11 is 3.53. The van der Waals surface area contributed by atoms with Crippen LogP contribution in [0.4, 0.5) is 0 Å². The van der Waals surface area contributed by atoms with Crippen molar-refractivity contribution in [3.8, 4) is 0 Å². The van der Waals surface area contributed by atoms with Crippen LogP contribution < -0.4 is 5.32 Å². The maximum absolute atomic E-state index is 5.61. The third-order valence-electron chi connectivity index (χ3n) is 3.03. The Labute approximate surface area is 122 Å². The van der Waals surface area contributed by atoms with Gasteiger partial charge >= 0.3 is 0 Å². The van der Waals surface area contributed by atoms with Gasteiger partial charge in [0.25, 0.3) is 0 Å². The molecule has 0 aliphatic heterocycles. The van der Waals surface area contributed by atoms with E-state index in [0.717, 1.165) is 28.9 Å². The average molecular weight is 323 g/mol. The first-order chi connectivity index (χ1) is 9.13. The first kappa shape index (κ1) is 14.3. The first-order valence-electron chi connectivity index (χ1n) is 6.53. The SMILES string of the molecule is CCCNC(c1ncc(C)cc1C)c1occc1Br. The fourth-order valence-electron chi connectivity index (χ4n) is 2.14. The van der Waals surface area contributed by atoms with Crippen LogP contribution in [0.2, 0.25) is 0 Å². The van der Waals surface area contributed by atoms with E-state index in [1.54, 1.807) is 6.26 Å². The van der Waals surface area contributed by atoms with Crippen LogP contribution in [-0.2, 0) is 0 Å². The van der Waals surface area contributed by atoms with Crippen molar-refractivity contribution in [2.45, 2.75) is 33.2 Å². The van der Waals surface area contributed by atoms with Gasteiger partial charge < -0.3 is 9.73 Å². The molecule has 4 heteroatoms. The number of halogens is 1. The van der Waals surface area contributed by atoms with Crippen LogP contribution in [0, 0.1) is 13.8 Å². The summed E-state index contributed by atoms with van der Waals surface area (Å²) in [4.78, 5) is 4.58. The van der Waals surface area contributed by atoms with Crippen LogP contribution in [0.5, 0.6) is 0 Å². The van der Waals surface area contributed by atoms with Crippen LogP contribution in [0.3, 0.4) is 0 Å². The summed E-state index contributed by atoms with van der Waals surface area (Å²) in [5, 5.41) is 3.50. The lowest BCUT2D eigenvalue weighted by Gasteiger charge is -2.18. The zero-order valence-corrected chi connectivity index (χ0v) is 13.1. The molecule has 0 aliphatic carbocycles. The second-order valence-corrected chi connectivity index (χ2v) is 5.59. The van der Waals surface area contributed by atoms with Crippen molar-refractivity contribution in [2.75, 3.05) is 6.54 Å².